The Balaban J connectivity index is 0.000001000. The van der Waals surface area contributed by atoms with Crippen molar-refractivity contribution in [2.45, 2.75) is 0 Å². The van der Waals surface area contributed by atoms with E-state index in [0.29, 0.717) is 0 Å². The van der Waals surface area contributed by atoms with Crippen LogP contribution in [-0.2, 0) is 19.5 Å². The fourth-order valence-electron chi connectivity index (χ4n) is 0.498. The maximum atomic E-state index is 12.0. The van der Waals surface area contributed by atoms with Gasteiger partial charge in [-0.05, 0) is 0 Å². The summed E-state index contributed by atoms with van der Waals surface area (Å²) in [7, 11) is 0. The van der Waals surface area contributed by atoms with Gasteiger partial charge in [0.25, 0.3) is 0 Å². The third-order valence-corrected chi connectivity index (χ3v) is 0.963. The number of hydrogen-bond acceptors (Lipinski definition) is 0. The van der Waals surface area contributed by atoms with Crippen molar-refractivity contribution >= 4 is 0 Å². The SMILES string of the molecule is Fc1cc(F)c(F)cc1F.[Zn]. The molecule has 0 unspecified atom stereocenters. The smallest absolute Gasteiger partial charge is 0.161 e. The van der Waals surface area contributed by atoms with Crippen molar-refractivity contribution in [3.63, 3.8) is 0 Å². The van der Waals surface area contributed by atoms with Gasteiger partial charge < -0.3 is 0 Å². The van der Waals surface area contributed by atoms with Crippen LogP contribution in [0.2, 0.25) is 0 Å². The minimum atomic E-state index is -1.39. The Hall–Kier alpha value is -0.437. The maximum absolute atomic E-state index is 12.0. The molecule has 0 atom stereocenters. The van der Waals surface area contributed by atoms with Gasteiger partial charge >= 0.3 is 0 Å². The number of hydrogen-bond donors (Lipinski definition) is 0. The van der Waals surface area contributed by atoms with E-state index in [2.05, 4.69) is 0 Å². The molecule has 0 nitrogen and oxygen atoms in total. The predicted molar refractivity (Wildman–Crippen MR) is 26.3 cm³/mol. The van der Waals surface area contributed by atoms with Gasteiger partial charge in [-0.25, -0.2) is 17.6 Å². The Morgan fingerprint density at radius 3 is 1.00 bits per heavy atom. The van der Waals surface area contributed by atoms with E-state index < -0.39 is 23.3 Å². The summed E-state index contributed by atoms with van der Waals surface area (Å²) < 4.78 is 47.9. The molecule has 0 saturated carbocycles. The molecule has 11 heavy (non-hydrogen) atoms. The van der Waals surface area contributed by atoms with E-state index in [9.17, 15) is 17.6 Å². The maximum Gasteiger partial charge on any atom is 0.161 e. The van der Waals surface area contributed by atoms with Gasteiger partial charge in [0, 0.05) is 31.6 Å². The molecule has 0 aliphatic rings. The molecule has 5 heteroatoms. The Morgan fingerprint density at radius 1 is 0.636 bits per heavy atom. The Kier molecular flexibility index (Phi) is 3.66. The molecule has 56 valence electrons. The van der Waals surface area contributed by atoms with Gasteiger partial charge in [-0.15, -0.1) is 0 Å². The Labute approximate surface area is 73.0 Å². The largest absolute Gasteiger partial charge is 0.204 e. The predicted octanol–water partition coefficient (Wildman–Crippen LogP) is 2.24. The van der Waals surface area contributed by atoms with Crippen molar-refractivity contribution in [3.8, 4) is 0 Å². The minimum absolute atomic E-state index is 0. The molecule has 0 aromatic heterocycles. The van der Waals surface area contributed by atoms with Crippen molar-refractivity contribution in [2.24, 2.45) is 0 Å². The third-order valence-electron chi connectivity index (χ3n) is 0.963. The minimum Gasteiger partial charge on any atom is -0.204 e. The van der Waals surface area contributed by atoms with E-state index >= 15 is 0 Å². The molecule has 1 aromatic carbocycles. The fraction of sp³-hybridized carbons (Fsp3) is 0. The monoisotopic (exact) mass is 214 g/mol. The summed E-state index contributed by atoms with van der Waals surface area (Å²) in [4.78, 5) is 0. The van der Waals surface area contributed by atoms with Crippen molar-refractivity contribution in [1.29, 1.82) is 0 Å². The summed E-state index contributed by atoms with van der Waals surface area (Å²) in [6, 6.07) is 0.315. The first-order chi connectivity index (χ1) is 4.61. The Morgan fingerprint density at radius 2 is 0.818 bits per heavy atom. The molecular formula is C6H2F4Zn. The quantitative estimate of drug-likeness (QED) is 0.354. The van der Waals surface area contributed by atoms with Crippen molar-refractivity contribution in [1.82, 2.24) is 0 Å². The molecule has 0 N–H and O–H groups in total. The molecule has 0 radical (unpaired) electrons. The van der Waals surface area contributed by atoms with Crippen LogP contribution in [0.5, 0.6) is 0 Å². The van der Waals surface area contributed by atoms with Gasteiger partial charge in [0.2, 0.25) is 0 Å². The molecule has 0 fully saturated rings. The van der Waals surface area contributed by atoms with Crippen LogP contribution in [-0.4, -0.2) is 0 Å². The van der Waals surface area contributed by atoms with Crippen molar-refractivity contribution in [2.75, 3.05) is 0 Å². The molecule has 1 aromatic rings. The molecule has 0 bridgehead atoms. The molecule has 0 heterocycles. The van der Waals surface area contributed by atoms with Crippen LogP contribution in [0, 0.1) is 23.3 Å². The van der Waals surface area contributed by atoms with Crippen LogP contribution >= 0.6 is 0 Å². The van der Waals surface area contributed by atoms with Crippen LogP contribution < -0.4 is 0 Å². The molecule has 0 aliphatic carbocycles. The summed E-state index contributed by atoms with van der Waals surface area (Å²) in [6.07, 6.45) is 0. The normalized spacial score (nSPS) is 9.09. The zero-order chi connectivity index (χ0) is 7.72. The van der Waals surface area contributed by atoms with Crippen molar-refractivity contribution < 1.29 is 37.0 Å². The van der Waals surface area contributed by atoms with Crippen LogP contribution in [0.15, 0.2) is 12.1 Å². The van der Waals surface area contributed by atoms with E-state index in [4.69, 9.17) is 0 Å². The molecule has 0 spiro atoms. The van der Waals surface area contributed by atoms with E-state index in [1.165, 1.54) is 0 Å². The van der Waals surface area contributed by atoms with Gasteiger partial charge in [-0.1, -0.05) is 0 Å². The number of rotatable bonds is 0. The summed E-state index contributed by atoms with van der Waals surface area (Å²) in [5.74, 6) is -5.56. The summed E-state index contributed by atoms with van der Waals surface area (Å²) in [5, 5.41) is 0. The molecule has 0 saturated heterocycles. The second-order valence-electron chi connectivity index (χ2n) is 1.68. The fourth-order valence-corrected chi connectivity index (χ4v) is 0.498. The van der Waals surface area contributed by atoms with E-state index in [-0.39, 0.29) is 31.6 Å². The topological polar surface area (TPSA) is 0 Å². The summed E-state index contributed by atoms with van der Waals surface area (Å²) >= 11 is 0. The van der Waals surface area contributed by atoms with Crippen molar-refractivity contribution in [3.05, 3.63) is 35.4 Å². The number of halogens is 4. The van der Waals surface area contributed by atoms with Gasteiger partial charge in [0.05, 0.1) is 0 Å². The van der Waals surface area contributed by atoms with E-state index in [1.807, 2.05) is 0 Å². The van der Waals surface area contributed by atoms with Gasteiger partial charge in [0.1, 0.15) is 0 Å². The van der Waals surface area contributed by atoms with Crippen LogP contribution in [0.25, 0.3) is 0 Å². The molecule has 1 rings (SSSR count). The van der Waals surface area contributed by atoms with Crippen LogP contribution in [0.4, 0.5) is 17.6 Å². The molecule has 0 aliphatic heterocycles. The first-order valence-corrected chi connectivity index (χ1v) is 2.41. The standard InChI is InChI=1S/C6H2F4.Zn/c7-3-1-4(8)6(10)2-5(3)9;/h1-2H;. The average molecular weight is 215 g/mol. The first kappa shape index (κ1) is 10.6. The van der Waals surface area contributed by atoms with E-state index in [1.54, 1.807) is 0 Å². The van der Waals surface area contributed by atoms with Gasteiger partial charge in [0.15, 0.2) is 23.3 Å². The molecule has 0 amide bonds. The molecular weight excluding hydrogens is 213 g/mol. The van der Waals surface area contributed by atoms with Crippen LogP contribution in [0.3, 0.4) is 0 Å². The third kappa shape index (κ3) is 2.26. The number of benzene rings is 1. The van der Waals surface area contributed by atoms with Gasteiger partial charge in [-0.2, -0.15) is 0 Å². The van der Waals surface area contributed by atoms with Gasteiger partial charge in [-0.3, -0.25) is 0 Å². The average Bonchev–Trinajstić information content (AvgIpc) is 1.84. The van der Waals surface area contributed by atoms with Crippen LogP contribution in [0.1, 0.15) is 0 Å². The first-order valence-electron chi connectivity index (χ1n) is 2.41. The summed E-state index contributed by atoms with van der Waals surface area (Å²) in [6.45, 7) is 0. The Bertz CT molecular complexity index is 211. The zero-order valence-corrected chi connectivity index (χ0v) is 8.34. The van der Waals surface area contributed by atoms with E-state index in [0.717, 1.165) is 0 Å². The zero-order valence-electron chi connectivity index (χ0n) is 5.37. The second-order valence-corrected chi connectivity index (χ2v) is 1.68. The second kappa shape index (κ2) is 3.81. The summed E-state index contributed by atoms with van der Waals surface area (Å²) in [5.41, 5.74) is 0.